The van der Waals surface area contributed by atoms with Crippen molar-refractivity contribution in [2.24, 2.45) is 17.6 Å². The number of benzene rings is 1. The SMILES string of the molecule is CC(N)C1CCCN(S(=O)(=O)c2cc(Cl)ccc2OCC2CCC2)C1.Cl. The summed E-state index contributed by atoms with van der Waals surface area (Å²) in [5.74, 6) is 1.12. The van der Waals surface area contributed by atoms with Crippen LogP contribution in [0.1, 0.15) is 39.0 Å². The van der Waals surface area contributed by atoms with E-state index in [4.69, 9.17) is 22.1 Å². The lowest BCUT2D eigenvalue weighted by Gasteiger charge is -2.34. The van der Waals surface area contributed by atoms with Crippen LogP contribution in [-0.2, 0) is 10.0 Å². The molecule has 0 spiro atoms. The molecule has 1 aromatic rings. The molecule has 1 saturated heterocycles. The van der Waals surface area contributed by atoms with Crippen LogP contribution >= 0.6 is 24.0 Å². The van der Waals surface area contributed by atoms with Gasteiger partial charge in [0, 0.05) is 24.2 Å². The molecule has 1 aromatic carbocycles. The van der Waals surface area contributed by atoms with Crippen LogP contribution in [0.3, 0.4) is 0 Å². The number of hydrogen-bond donors (Lipinski definition) is 1. The van der Waals surface area contributed by atoms with Gasteiger partial charge in [-0.1, -0.05) is 18.0 Å². The van der Waals surface area contributed by atoms with E-state index in [1.165, 1.54) is 16.8 Å². The molecule has 2 unspecified atom stereocenters. The van der Waals surface area contributed by atoms with Gasteiger partial charge in [0.2, 0.25) is 10.0 Å². The molecule has 1 heterocycles. The van der Waals surface area contributed by atoms with Crippen molar-refractivity contribution in [3.05, 3.63) is 23.2 Å². The number of piperidine rings is 1. The molecule has 2 aliphatic rings. The Kier molecular flexibility index (Phi) is 7.62. The third-order valence-corrected chi connectivity index (χ3v) is 7.51. The fourth-order valence-corrected chi connectivity index (χ4v) is 5.36. The molecule has 1 saturated carbocycles. The van der Waals surface area contributed by atoms with Crippen molar-refractivity contribution in [1.29, 1.82) is 0 Å². The zero-order valence-corrected chi connectivity index (χ0v) is 17.5. The lowest BCUT2D eigenvalue weighted by Crippen LogP contribution is -2.45. The van der Waals surface area contributed by atoms with Crippen LogP contribution < -0.4 is 10.5 Å². The molecular formula is C18H28Cl2N2O3S. The molecule has 8 heteroatoms. The lowest BCUT2D eigenvalue weighted by atomic mass is 9.86. The molecule has 0 bridgehead atoms. The first-order valence-corrected chi connectivity index (χ1v) is 10.9. The van der Waals surface area contributed by atoms with Gasteiger partial charge in [0.1, 0.15) is 10.6 Å². The van der Waals surface area contributed by atoms with Crippen LogP contribution in [0.25, 0.3) is 0 Å². The molecule has 5 nitrogen and oxygen atoms in total. The van der Waals surface area contributed by atoms with Gasteiger partial charge in [0.25, 0.3) is 0 Å². The van der Waals surface area contributed by atoms with Gasteiger partial charge in [-0.15, -0.1) is 12.4 Å². The van der Waals surface area contributed by atoms with E-state index in [1.54, 1.807) is 12.1 Å². The van der Waals surface area contributed by atoms with E-state index in [9.17, 15) is 8.42 Å². The molecule has 26 heavy (non-hydrogen) atoms. The third kappa shape index (κ3) is 4.84. The van der Waals surface area contributed by atoms with Crippen LogP contribution in [0.5, 0.6) is 5.75 Å². The van der Waals surface area contributed by atoms with Gasteiger partial charge < -0.3 is 10.5 Å². The molecule has 2 fully saturated rings. The highest BCUT2D eigenvalue weighted by Crippen LogP contribution is 2.34. The second kappa shape index (κ2) is 9.11. The van der Waals surface area contributed by atoms with Gasteiger partial charge in [-0.2, -0.15) is 4.31 Å². The molecule has 2 atom stereocenters. The maximum atomic E-state index is 13.2. The predicted octanol–water partition coefficient (Wildman–Crippen LogP) is 3.69. The molecular weight excluding hydrogens is 395 g/mol. The van der Waals surface area contributed by atoms with Crippen molar-refractivity contribution in [3.63, 3.8) is 0 Å². The summed E-state index contributed by atoms with van der Waals surface area (Å²) in [7, 11) is -3.65. The van der Waals surface area contributed by atoms with Crippen molar-refractivity contribution in [3.8, 4) is 5.75 Å². The van der Waals surface area contributed by atoms with Crippen LogP contribution in [0.15, 0.2) is 23.1 Å². The standard InChI is InChI=1S/C18H27ClN2O3S.ClH/c1-13(20)15-6-3-9-21(11-15)25(22,23)18-10-16(19)7-8-17(18)24-12-14-4-2-5-14;/h7-8,10,13-15H,2-6,9,11-12,20H2,1H3;1H. The highest BCUT2D eigenvalue weighted by Gasteiger charge is 2.34. The number of nitrogens with two attached hydrogens (primary N) is 1. The zero-order valence-electron chi connectivity index (χ0n) is 15.1. The predicted molar refractivity (Wildman–Crippen MR) is 107 cm³/mol. The summed E-state index contributed by atoms with van der Waals surface area (Å²) in [6.07, 6.45) is 5.32. The summed E-state index contributed by atoms with van der Waals surface area (Å²) >= 11 is 6.08. The zero-order chi connectivity index (χ0) is 18.0. The molecule has 0 radical (unpaired) electrons. The number of ether oxygens (including phenoxy) is 1. The molecule has 1 aliphatic heterocycles. The van der Waals surface area contributed by atoms with Gasteiger partial charge >= 0.3 is 0 Å². The molecule has 0 aromatic heterocycles. The fourth-order valence-electron chi connectivity index (χ4n) is 3.43. The maximum Gasteiger partial charge on any atom is 0.246 e. The second-order valence-electron chi connectivity index (χ2n) is 7.32. The van der Waals surface area contributed by atoms with Crippen molar-refractivity contribution >= 4 is 34.0 Å². The van der Waals surface area contributed by atoms with E-state index in [0.717, 1.165) is 25.7 Å². The fraction of sp³-hybridized carbons (Fsp3) is 0.667. The Balaban J connectivity index is 0.00000243. The number of sulfonamides is 1. The summed E-state index contributed by atoms with van der Waals surface area (Å²) in [6.45, 7) is 3.47. The number of nitrogens with zero attached hydrogens (tertiary/aromatic N) is 1. The minimum absolute atomic E-state index is 0. The largest absolute Gasteiger partial charge is 0.492 e. The number of hydrogen-bond acceptors (Lipinski definition) is 4. The van der Waals surface area contributed by atoms with Crippen LogP contribution in [-0.4, -0.2) is 38.5 Å². The van der Waals surface area contributed by atoms with Gasteiger partial charge in [-0.25, -0.2) is 8.42 Å². The van der Waals surface area contributed by atoms with E-state index >= 15 is 0 Å². The lowest BCUT2D eigenvalue weighted by molar-refractivity contribution is 0.177. The topological polar surface area (TPSA) is 72.6 Å². The molecule has 0 amide bonds. The van der Waals surface area contributed by atoms with Gasteiger partial charge in [0.15, 0.2) is 0 Å². The average molecular weight is 423 g/mol. The number of rotatable bonds is 6. The first-order valence-electron chi connectivity index (χ1n) is 9.06. The minimum atomic E-state index is -3.65. The molecule has 2 N–H and O–H groups in total. The second-order valence-corrected chi connectivity index (χ2v) is 9.67. The van der Waals surface area contributed by atoms with E-state index in [-0.39, 0.29) is 29.3 Å². The summed E-state index contributed by atoms with van der Waals surface area (Å²) in [5.41, 5.74) is 6.00. The Morgan fingerprint density at radius 2 is 2.04 bits per heavy atom. The van der Waals surface area contributed by atoms with E-state index in [0.29, 0.717) is 36.4 Å². The third-order valence-electron chi connectivity index (χ3n) is 5.39. The van der Waals surface area contributed by atoms with Gasteiger partial charge in [0.05, 0.1) is 6.61 Å². The Hall–Kier alpha value is -0.530. The minimum Gasteiger partial charge on any atom is -0.492 e. The molecule has 148 valence electrons. The van der Waals surface area contributed by atoms with Crippen molar-refractivity contribution in [1.82, 2.24) is 4.31 Å². The summed E-state index contributed by atoms with van der Waals surface area (Å²) in [5, 5.41) is 0.398. The normalized spacial score (nSPS) is 23.0. The van der Waals surface area contributed by atoms with Crippen molar-refractivity contribution in [2.45, 2.75) is 50.0 Å². The van der Waals surface area contributed by atoms with E-state index in [1.807, 2.05) is 6.92 Å². The highest BCUT2D eigenvalue weighted by atomic mass is 35.5. The Labute approximate surface area is 167 Å². The quantitative estimate of drug-likeness (QED) is 0.758. The van der Waals surface area contributed by atoms with Gasteiger partial charge in [-0.3, -0.25) is 0 Å². The highest BCUT2D eigenvalue weighted by molar-refractivity contribution is 7.89. The van der Waals surface area contributed by atoms with E-state index < -0.39 is 10.0 Å². The summed E-state index contributed by atoms with van der Waals surface area (Å²) < 4.78 is 33.8. The molecule has 1 aliphatic carbocycles. The Morgan fingerprint density at radius 1 is 1.31 bits per heavy atom. The molecule has 3 rings (SSSR count). The summed E-state index contributed by atoms with van der Waals surface area (Å²) in [6, 6.07) is 4.83. The number of halogens is 2. The smallest absolute Gasteiger partial charge is 0.246 e. The van der Waals surface area contributed by atoms with Crippen molar-refractivity contribution in [2.75, 3.05) is 19.7 Å². The van der Waals surface area contributed by atoms with Gasteiger partial charge in [-0.05, 0) is 62.6 Å². The van der Waals surface area contributed by atoms with Crippen LogP contribution in [0.4, 0.5) is 0 Å². The monoisotopic (exact) mass is 422 g/mol. The van der Waals surface area contributed by atoms with Crippen molar-refractivity contribution < 1.29 is 13.2 Å². The summed E-state index contributed by atoms with van der Waals surface area (Å²) in [4.78, 5) is 0.171. The van der Waals surface area contributed by atoms with Crippen LogP contribution in [0.2, 0.25) is 5.02 Å². The maximum absolute atomic E-state index is 13.2. The van der Waals surface area contributed by atoms with Crippen LogP contribution in [0, 0.1) is 11.8 Å². The Bertz CT molecular complexity index is 708. The first-order chi connectivity index (χ1) is 11.9. The average Bonchev–Trinajstić information content (AvgIpc) is 2.54. The van der Waals surface area contributed by atoms with E-state index in [2.05, 4.69) is 0 Å². The Morgan fingerprint density at radius 3 is 2.65 bits per heavy atom. The first kappa shape index (κ1) is 21.8.